The summed E-state index contributed by atoms with van der Waals surface area (Å²) in [6.07, 6.45) is 3.46. The molecule has 4 heterocycles. The minimum Gasteiger partial charge on any atom is -0.378 e. The number of pyridine rings is 2. The maximum atomic E-state index is 12.9. The average molecular weight is 428 g/mol. The van der Waals surface area contributed by atoms with Crippen LogP contribution in [0.5, 0.6) is 0 Å². The van der Waals surface area contributed by atoms with Gasteiger partial charge in [-0.2, -0.15) is 0 Å². The van der Waals surface area contributed by atoms with Crippen LogP contribution in [0.3, 0.4) is 0 Å². The third kappa shape index (κ3) is 3.94. The summed E-state index contributed by atoms with van der Waals surface area (Å²) in [7, 11) is 2.06. The molecule has 3 aromatic heterocycles. The van der Waals surface area contributed by atoms with E-state index in [4.69, 9.17) is 4.74 Å². The third-order valence-corrected chi connectivity index (χ3v) is 5.97. The Morgan fingerprint density at radius 1 is 1.00 bits per heavy atom. The van der Waals surface area contributed by atoms with Gasteiger partial charge in [0.2, 0.25) is 0 Å². The number of carbonyl (C=O) groups excluding carboxylic acids is 1. The molecule has 7 heteroatoms. The van der Waals surface area contributed by atoms with Crippen molar-refractivity contribution in [1.82, 2.24) is 14.5 Å². The second-order valence-corrected chi connectivity index (χ2v) is 8.01. The Balaban J connectivity index is 1.39. The van der Waals surface area contributed by atoms with Crippen molar-refractivity contribution in [3.8, 4) is 11.3 Å². The minimum absolute atomic E-state index is 0.206. The molecule has 1 aliphatic heterocycles. The maximum absolute atomic E-state index is 12.9. The van der Waals surface area contributed by atoms with E-state index in [0.717, 1.165) is 40.9 Å². The first-order chi connectivity index (χ1) is 15.6. The van der Waals surface area contributed by atoms with Gasteiger partial charge in [-0.15, -0.1) is 0 Å². The van der Waals surface area contributed by atoms with E-state index in [1.165, 1.54) is 5.69 Å². The van der Waals surface area contributed by atoms with Crippen molar-refractivity contribution in [2.24, 2.45) is 7.05 Å². The summed E-state index contributed by atoms with van der Waals surface area (Å²) in [5.74, 6) is 1.10. The van der Waals surface area contributed by atoms with Crippen LogP contribution < -0.4 is 10.2 Å². The molecule has 32 heavy (non-hydrogen) atoms. The molecule has 0 bridgehead atoms. The van der Waals surface area contributed by atoms with Crippen molar-refractivity contribution in [2.75, 3.05) is 36.5 Å². The second-order valence-electron chi connectivity index (χ2n) is 8.01. The topological polar surface area (TPSA) is 72.3 Å². The van der Waals surface area contributed by atoms with Gasteiger partial charge in [0.05, 0.1) is 13.2 Å². The number of aryl methyl sites for hydroxylation is 1. The zero-order valence-corrected chi connectivity index (χ0v) is 18.2. The van der Waals surface area contributed by atoms with Gasteiger partial charge in [0, 0.05) is 54.9 Å². The number of morpholine rings is 1. The molecule has 1 fully saturated rings. The molecule has 1 N–H and O–H groups in total. The first-order valence-corrected chi connectivity index (χ1v) is 10.7. The molecule has 1 aromatic carbocycles. The van der Waals surface area contributed by atoms with Crippen molar-refractivity contribution in [3.05, 3.63) is 72.2 Å². The lowest BCUT2D eigenvalue weighted by atomic mass is 10.1. The lowest BCUT2D eigenvalue weighted by Crippen LogP contribution is -2.36. The molecule has 0 spiro atoms. The molecule has 0 atom stereocenters. The summed E-state index contributed by atoms with van der Waals surface area (Å²) in [6, 6.07) is 16.0. The van der Waals surface area contributed by atoms with Crippen molar-refractivity contribution in [1.29, 1.82) is 0 Å². The molecular weight excluding hydrogens is 402 g/mol. The first-order valence-electron chi connectivity index (χ1n) is 10.7. The van der Waals surface area contributed by atoms with Crippen LogP contribution in [-0.4, -0.2) is 46.7 Å². The number of aromatic nitrogens is 3. The number of benzene rings is 1. The summed E-state index contributed by atoms with van der Waals surface area (Å²) in [6.45, 7) is 4.97. The number of carbonyl (C=O) groups is 1. The van der Waals surface area contributed by atoms with Crippen molar-refractivity contribution < 1.29 is 9.53 Å². The minimum atomic E-state index is -0.206. The quantitative estimate of drug-likeness (QED) is 0.532. The molecule has 0 saturated carbocycles. The van der Waals surface area contributed by atoms with E-state index >= 15 is 0 Å². The van der Waals surface area contributed by atoms with Gasteiger partial charge in [-0.05, 0) is 54.3 Å². The van der Waals surface area contributed by atoms with Gasteiger partial charge in [0.25, 0.3) is 5.91 Å². The molecule has 4 aromatic rings. The fourth-order valence-corrected chi connectivity index (χ4v) is 3.99. The maximum Gasteiger partial charge on any atom is 0.257 e. The Morgan fingerprint density at radius 3 is 2.62 bits per heavy atom. The highest BCUT2D eigenvalue weighted by Gasteiger charge is 2.15. The standard InChI is InChI=1S/C25H25N5O2/c1-17-3-6-22(29(17)2)18-4-5-20-16-27-23(14-21(20)13-18)28-25(31)19-7-8-26-24(15-19)30-9-11-32-12-10-30/h3-8,13-16H,9-12H2,1-2H3,(H,27,28,31). The van der Waals surface area contributed by atoms with Gasteiger partial charge in [-0.25, -0.2) is 9.97 Å². The van der Waals surface area contributed by atoms with Gasteiger partial charge in [-0.1, -0.05) is 12.1 Å². The summed E-state index contributed by atoms with van der Waals surface area (Å²) in [5, 5.41) is 4.98. The smallest absolute Gasteiger partial charge is 0.257 e. The first kappa shape index (κ1) is 20.2. The van der Waals surface area contributed by atoms with E-state index in [2.05, 4.69) is 69.1 Å². The number of fused-ring (bicyclic) bond motifs is 1. The lowest BCUT2D eigenvalue weighted by Gasteiger charge is -2.27. The molecule has 0 unspecified atom stereocenters. The summed E-state index contributed by atoms with van der Waals surface area (Å²) in [4.78, 5) is 23.9. The van der Waals surface area contributed by atoms with Crippen LogP contribution >= 0.6 is 0 Å². The molecule has 5 rings (SSSR count). The van der Waals surface area contributed by atoms with Gasteiger partial charge in [0.1, 0.15) is 11.6 Å². The van der Waals surface area contributed by atoms with Crippen molar-refractivity contribution in [2.45, 2.75) is 6.92 Å². The van der Waals surface area contributed by atoms with Gasteiger partial charge >= 0.3 is 0 Å². The Hall–Kier alpha value is -3.71. The molecular formula is C25H25N5O2. The molecule has 1 amide bonds. The molecule has 1 saturated heterocycles. The number of amides is 1. The molecule has 162 valence electrons. The number of hydrogen-bond donors (Lipinski definition) is 1. The number of anilines is 2. The number of nitrogens with zero attached hydrogens (tertiary/aromatic N) is 4. The Morgan fingerprint density at radius 2 is 1.84 bits per heavy atom. The SMILES string of the molecule is Cc1ccc(-c2ccc3cnc(NC(=O)c4ccnc(N5CCOCC5)c4)cc3c2)n1C. The Bertz CT molecular complexity index is 1290. The van der Waals surface area contributed by atoms with E-state index < -0.39 is 0 Å². The van der Waals surface area contributed by atoms with Gasteiger partial charge in [-0.3, -0.25) is 4.79 Å². The third-order valence-electron chi connectivity index (χ3n) is 5.97. The van der Waals surface area contributed by atoms with Crippen molar-refractivity contribution >= 4 is 28.3 Å². The highest BCUT2D eigenvalue weighted by atomic mass is 16.5. The summed E-state index contributed by atoms with van der Waals surface area (Å²) >= 11 is 0. The molecule has 7 nitrogen and oxygen atoms in total. The Labute approximate surface area is 186 Å². The number of hydrogen-bond acceptors (Lipinski definition) is 5. The molecule has 0 radical (unpaired) electrons. The molecule has 1 aliphatic rings. The van der Waals surface area contributed by atoms with E-state index in [1.54, 1.807) is 18.5 Å². The van der Waals surface area contributed by atoms with Crippen LogP contribution in [0, 0.1) is 6.92 Å². The predicted octanol–water partition coefficient (Wildman–Crippen LogP) is 4.03. The number of rotatable bonds is 4. The van der Waals surface area contributed by atoms with Crippen molar-refractivity contribution in [3.63, 3.8) is 0 Å². The highest BCUT2D eigenvalue weighted by Crippen LogP contribution is 2.27. The fraction of sp³-hybridized carbons (Fsp3) is 0.240. The number of nitrogens with one attached hydrogen (secondary N) is 1. The van der Waals surface area contributed by atoms with Gasteiger partial charge < -0.3 is 19.5 Å². The van der Waals surface area contributed by atoms with E-state index in [0.29, 0.717) is 24.6 Å². The second kappa shape index (κ2) is 8.43. The lowest BCUT2D eigenvalue weighted by molar-refractivity contribution is 0.102. The fourth-order valence-electron chi connectivity index (χ4n) is 3.99. The number of ether oxygens (including phenoxy) is 1. The summed E-state index contributed by atoms with van der Waals surface area (Å²) in [5.41, 5.74) is 4.04. The van der Waals surface area contributed by atoms with Gasteiger partial charge in [0.15, 0.2) is 0 Å². The summed E-state index contributed by atoms with van der Waals surface area (Å²) < 4.78 is 7.57. The van der Waals surface area contributed by atoms with Crippen LogP contribution in [-0.2, 0) is 11.8 Å². The van der Waals surface area contributed by atoms with Crippen LogP contribution in [0.2, 0.25) is 0 Å². The van der Waals surface area contributed by atoms with Crippen LogP contribution in [0.25, 0.3) is 22.0 Å². The van der Waals surface area contributed by atoms with E-state index in [9.17, 15) is 4.79 Å². The zero-order chi connectivity index (χ0) is 22.1. The zero-order valence-electron chi connectivity index (χ0n) is 18.2. The normalized spacial score (nSPS) is 14.0. The van der Waals surface area contributed by atoms with Crippen LogP contribution in [0.4, 0.5) is 11.6 Å². The van der Waals surface area contributed by atoms with Crippen LogP contribution in [0.15, 0.2) is 60.9 Å². The average Bonchev–Trinajstić information content (AvgIpc) is 3.17. The largest absolute Gasteiger partial charge is 0.378 e. The highest BCUT2D eigenvalue weighted by molar-refractivity contribution is 6.05. The van der Waals surface area contributed by atoms with Crippen LogP contribution in [0.1, 0.15) is 16.1 Å². The van der Waals surface area contributed by atoms with E-state index in [1.807, 2.05) is 12.1 Å². The van der Waals surface area contributed by atoms with E-state index in [-0.39, 0.29) is 5.91 Å². The Kier molecular flexibility index (Phi) is 5.33. The molecule has 0 aliphatic carbocycles. The monoisotopic (exact) mass is 427 g/mol. The predicted molar refractivity (Wildman–Crippen MR) is 126 cm³/mol.